The molecule has 6 heteroatoms. The van der Waals surface area contributed by atoms with Crippen molar-refractivity contribution in [2.75, 3.05) is 26.8 Å². The van der Waals surface area contributed by atoms with Crippen LogP contribution in [-0.4, -0.2) is 60.0 Å². The van der Waals surface area contributed by atoms with E-state index in [-0.39, 0.29) is 0 Å². The summed E-state index contributed by atoms with van der Waals surface area (Å²) in [6.07, 6.45) is 5.78. The molecule has 4 rings (SSSR count). The Hall–Kier alpha value is -0.980. The third-order valence-electron chi connectivity index (χ3n) is 5.37. The highest BCUT2D eigenvalue weighted by molar-refractivity contribution is 5.05. The molecule has 3 fully saturated rings. The average Bonchev–Trinajstić information content (AvgIpc) is 3.02. The molecular formula is C15H24N4O2. The maximum absolute atomic E-state index is 5.47. The largest absolute Gasteiger partial charge is 0.378 e. The summed E-state index contributed by atoms with van der Waals surface area (Å²) in [6, 6.07) is 1.73. The van der Waals surface area contributed by atoms with Crippen molar-refractivity contribution in [3.05, 3.63) is 11.7 Å². The minimum atomic E-state index is 0.306. The van der Waals surface area contributed by atoms with E-state index in [1.807, 2.05) is 0 Å². The van der Waals surface area contributed by atoms with Gasteiger partial charge < -0.3 is 19.5 Å². The highest BCUT2D eigenvalue weighted by atomic mass is 16.5. The Kier molecular flexibility index (Phi) is 3.69. The fourth-order valence-electron chi connectivity index (χ4n) is 4.10. The average molecular weight is 292 g/mol. The Morgan fingerprint density at radius 1 is 1.29 bits per heavy atom. The molecule has 3 atom stereocenters. The molecule has 1 aromatic heterocycles. The molecule has 3 saturated heterocycles. The van der Waals surface area contributed by atoms with Crippen molar-refractivity contribution in [3.8, 4) is 0 Å². The number of piperidine rings is 1. The lowest BCUT2D eigenvalue weighted by Crippen LogP contribution is -2.42. The molecule has 0 aliphatic carbocycles. The minimum Gasteiger partial charge on any atom is -0.378 e. The van der Waals surface area contributed by atoms with E-state index in [1.54, 1.807) is 0 Å². The van der Waals surface area contributed by atoms with Crippen LogP contribution in [0.2, 0.25) is 0 Å². The number of fused-ring (bicyclic) bond motifs is 2. The number of hydrogen-bond donors (Lipinski definition) is 1. The van der Waals surface area contributed by atoms with Crippen molar-refractivity contribution in [2.24, 2.45) is 0 Å². The van der Waals surface area contributed by atoms with E-state index in [1.165, 1.54) is 25.7 Å². The zero-order valence-electron chi connectivity index (χ0n) is 12.6. The first kappa shape index (κ1) is 13.7. The summed E-state index contributed by atoms with van der Waals surface area (Å²) >= 11 is 0. The van der Waals surface area contributed by atoms with Crippen LogP contribution in [0.3, 0.4) is 0 Å². The molecule has 1 aromatic rings. The Morgan fingerprint density at radius 3 is 2.81 bits per heavy atom. The predicted octanol–water partition coefficient (Wildman–Crippen LogP) is 0.941. The number of morpholine rings is 1. The summed E-state index contributed by atoms with van der Waals surface area (Å²) in [5.74, 6) is 2.15. The van der Waals surface area contributed by atoms with Crippen LogP contribution in [0.4, 0.5) is 0 Å². The molecule has 116 valence electrons. The van der Waals surface area contributed by atoms with Crippen LogP contribution in [0.1, 0.15) is 43.3 Å². The van der Waals surface area contributed by atoms with Gasteiger partial charge >= 0.3 is 0 Å². The van der Waals surface area contributed by atoms with Gasteiger partial charge in [-0.2, -0.15) is 4.98 Å². The van der Waals surface area contributed by atoms with Gasteiger partial charge in [-0.05, 0) is 32.7 Å². The van der Waals surface area contributed by atoms with Crippen molar-refractivity contribution in [2.45, 2.75) is 56.1 Å². The summed E-state index contributed by atoms with van der Waals surface area (Å²) in [5.41, 5.74) is 0. The SMILES string of the molecule is CN1C2CCC1CC(c1noc(CC3COCCN3)n1)C2. The van der Waals surface area contributed by atoms with Crippen LogP contribution in [0.5, 0.6) is 0 Å². The molecule has 3 aliphatic heterocycles. The predicted molar refractivity (Wildman–Crippen MR) is 77.2 cm³/mol. The number of nitrogens with zero attached hydrogens (tertiary/aromatic N) is 3. The molecule has 4 heterocycles. The van der Waals surface area contributed by atoms with Gasteiger partial charge in [0.1, 0.15) is 0 Å². The van der Waals surface area contributed by atoms with Crippen LogP contribution < -0.4 is 5.32 Å². The van der Waals surface area contributed by atoms with Gasteiger partial charge in [-0.3, -0.25) is 0 Å². The van der Waals surface area contributed by atoms with Crippen molar-refractivity contribution in [3.63, 3.8) is 0 Å². The highest BCUT2D eigenvalue weighted by Gasteiger charge is 2.40. The van der Waals surface area contributed by atoms with Gasteiger partial charge in [0.15, 0.2) is 5.82 Å². The second-order valence-electron chi connectivity index (χ2n) is 6.70. The Labute approximate surface area is 125 Å². The number of rotatable bonds is 3. The number of ether oxygens (including phenoxy) is 1. The Bertz CT molecular complexity index is 472. The summed E-state index contributed by atoms with van der Waals surface area (Å²) in [6.45, 7) is 2.43. The third-order valence-corrected chi connectivity index (χ3v) is 5.37. The number of nitrogens with one attached hydrogen (secondary N) is 1. The van der Waals surface area contributed by atoms with Gasteiger partial charge in [0, 0.05) is 37.0 Å². The van der Waals surface area contributed by atoms with Gasteiger partial charge in [-0.1, -0.05) is 5.16 Å². The van der Waals surface area contributed by atoms with Crippen molar-refractivity contribution in [1.82, 2.24) is 20.4 Å². The van der Waals surface area contributed by atoms with Gasteiger partial charge in [0.2, 0.25) is 5.89 Å². The summed E-state index contributed by atoms with van der Waals surface area (Å²) in [7, 11) is 2.26. The fraction of sp³-hybridized carbons (Fsp3) is 0.867. The van der Waals surface area contributed by atoms with E-state index in [9.17, 15) is 0 Å². The van der Waals surface area contributed by atoms with E-state index in [4.69, 9.17) is 9.26 Å². The van der Waals surface area contributed by atoms with Gasteiger partial charge in [-0.15, -0.1) is 0 Å². The molecule has 21 heavy (non-hydrogen) atoms. The molecular weight excluding hydrogens is 268 g/mol. The first-order valence-corrected chi connectivity index (χ1v) is 8.15. The van der Waals surface area contributed by atoms with Crippen LogP contribution in [0.15, 0.2) is 4.52 Å². The normalized spacial score (nSPS) is 37.0. The van der Waals surface area contributed by atoms with E-state index in [2.05, 4.69) is 27.4 Å². The summed E-state index contributed by atoms with van der Waals surface area (Å²) in [5, 5.41) is 7.68. The zero-order chi connectivity index (χ0) is 14.2. The van der Waals surface area contributed by atoms with E-state index in [0.29, 0.717) is 24.0 Å². The topological polar surface area (TPSA) is 63.4 Å². The second-order valence-corrected chi connectivity index (χ2v) is 6.70. The molecule has 3 unspecified atom stereocenters. The van der Waals surface area contributed by atoms with Crippen LogP contribution in [0.25, 0.3) is 0 Å². The number of aromatic nitrogens is 2. The van der Waals surface area contributed by atoms with E-state index < -0.39 is 0 Å². The molecule has 0 spiro atoms. The molecule has 6 nitrogen and oxygen atoms in total. The van der Waals surface area contributed by atoms with E-state index in [0.717, 1.165) is 37.9 Å². The molecule has 3 aliphatic rings. The van der Waals surface area contributed by atoms with Crippen molar-refractivity contribution >= 4 is 0 Å². The van der Waals surface area contributed by atoms with Crippen molar-refractivity contribution in [1.29, 1.82) is 0 Å². The standard InChI is InChI=1S/C15H24N4O2/c1-19-12-2-3-13(19)7-10(6-12)15-17-14(21-18-15)8-11-9-20-5-4-16-11/h10-13,16H,2-9H2,1H3. The van der Waals surface area contributed by atoms with Gasteiger partial charge in [-0.25, -0.2) is 0 Å². The highest BCUT2D eigenvalue weighted by Crippen LogP contribution is 2.41. The Morgan fingerprint density at radius 2 is 2.10 bits per heavy atom. The zero-order valence-corrected chi connectivity index (χ0v) is 12.6. The minimum absolute atomic E-state index is 0.306. The first-order chi connectivity index (χ1) is 10.3. The molecule has 1 N–H and O–H groups in total. The van der Waals surface area contributed by atoms with Crippen LogP contribution in [0, 0.1) is 0 Å². The quantitative estimate of drug-likeness (QED) is 0.894. The maximum atomic E-state index is 5.47. The maximum Gasteiger partial charge on any atom is 0.228 e. The Balaban J connectivity index is 1.40. The van der Waals surface area contributed by atoms with E-state index >= 15 is 0 Å². The monoisotopic (exact) mass is 292 g/mol. The lowest BCUT2D eigenvalue weighted by Gasteiger charge is -2.34. The first-order valence-electron chi connectivity index (χ1n) is 8.15. The van der Waals surface area contributed by atoms with Gasteiger partial charge in [0.05, 0.1) is 13.2 Å². The van der Waals surface area contributed by atoms with Crippen LogP contribution >= 0.6 is 0 Å². The smallest absolute Gasteiger partial charge is 0.228 e. The van der Waals surface area contributed by atoms with Crippen LogP contribution in [-0.2, 0) is 11.2 Å². The summed E-state index contributed by atoms with van der Waals surface area (Å²) < 4.78 is 10.9. The second kappa shape index (κ2) is 5.66. The molecule has 0 amide bonds. The molecule has 0 saturated carbocycles. The van der Waals surface area contributed by atoms with Crippen molar-refractivity contribution < 1.29 is 9.26 Å². The molecule has 0 aromatic carbocycles. The van der Waals surface area contributed by atoms with Gasteiger partial charge in [0.25, 0.3) is 0 Å². The lowest BCUT2D eigenvalue weighted by atomic mass is 9.90. The lowest BCUT2D eigenvalue weighted by molar-refractivity contribution is 0.0744. The fourth-order valence-corrected chi connectivity index (χ4v) is 4.10. The summed E-state index contributed by atoms with van der Waals surface area (Å²) in [4.78, 5) is 7.20. The molecule has 2 bridgehead atoms. The third kappa shape index (κ3) is 2.72. The number of hydrogen-bond acceptors (Lipinski definition) is 6. The molecule has 0 radical (unpaired) electrons.